The molecule has 1 unspecified atom stereocenters. The summed E-state index contributed by atoms with van der Waals surface area (Å²) in [5, 5.41) is 3.50. The van der Waals surface area contributed by atoms with Crippen LogP contribution < -0.4 is 5.32 Å². The molecule has 5 heteroatoms. The fraction of sp³-hybridized carbons (Fsp3) is 0.267. The number of oxazole rings is 1. The van der Waals surface area contributed by atoms with Crippen molar-refractivity contribution in [2.45, 2.75) is 26.3 Å². The summed E-state index contributed by atoms with van der Waals surface area (Å²) in [5.41, 5.74) is 2.82. The molecule has 1 atom stereocenters. The standard InChI is InChI=1S/C15H15BrN2OS/c1-3-15-18-11-8-10(4-5-12(11)19-15)17-9(2)13-6-7-14(16)20-13/h4-9,17H,3H2,1-2H3. The van der Waals surface area contributed by atoms with E-state index in [-0.39, 0.29) is 6.04 Å². The molecular formula is C15H15BrN2OS. The molecule has 3 aromatic rings. The number of fused-ring (bicyclic) bond motifs is 1. The van der Waals surface area contributed by atoms with Crippen LogP contribution >= 0.6 is 27.3 Å². The summed E-state index contributed by atoms with van der Waals surface area (Å²) >= 11 is 5.24. The van der Waals surface area contributed by atoms with Gasteiger partial charge in [-0.3, -0.25) is 0 Å². The highest BCUT2D eigenvalue weighted by Gasteiger charge is 2.10. The van der Waals surface area contributed by atoms with Crippen molar-refractivity contribution in [3.8, 4) is 0 Å². The monoisotopic (exact) mass is 350 g/mol. The van der Waals surface area contributed by atoms with Crippen LogP contribution in [-0.4, -0.2) is 4.98 Å². The maximum atomic E-state index is 5.62. The van der Waals surface area contributed by atoms with Crippen LogP contribution in [0, 0.1) is 0 Å². The van der Waals surface area contributed by atoms with Crippen molar-refractivity contribution in [3.63, 3.8) is 0 Å². The Balaban J connectivity index is 1.83. The summed E-state index contributed by atoms with van der Waals surface area (Å²) in [6, 6.07) is 10.5. The van der Waals surface area contributed by atoms with Crippen LogP contribution in [0.1, 0.15) is 30.7 Å². The Morgan fingerprint density at radius 3 is 2.90 bits per heavy atom. The molecule has 0 saturated carbocycles. The number of nitrogens with one attached hydrogen (secondary N) is 1. The third-order valence-electron chi connectivity index (χ3n) is 3.14. The average molecular weight is 351 g/mol. The second-order valence-electron chi connectivity index (χ2n) is 4.65. The lowest BCUT2D eigenvalue weighted by atomic mass is 10.2. The summed E-state index contributed by atoms with van der Waals surface area (Å²) in [5.74, 6) is 0.785. The molecule has 0 bridgehead atoms. The molecule has 3 nitrogen and oxygen atoms in total. The minimum atomic E-state index is 0.265. The van der Waals surface area contributed by atoms with Crippen LogP contribution in [0.15, 0.2) is 38.5 Å². The van der Waals surface area contributed by atoms with E-state index in [4.69, 9.17) is 4.42 Å². The number of hydrogen-bond donors (Lipinski definition) is 1. The van der Waals surface area contributed by atoms with E-state index in [1.807, 2.05) is 25.1 Å². The zero-order chi connectivity index (χ0) is 14.1. The van der Waals surface area contributed by atoms with Crippen molar-refractivity contribution in [1.29, 1.82) is 0 Å². The molecule has 1 aromatic carbocycles. The first kappa shape index (κ1) is 13.6. The van der Waals surface area contributed by atoms with Crippen LogP contribution in [0.3, 0.4) is 0 Å². The van der Waals surface area contributed by atoms with E-state index in [1.165, 1.54) is 4.88 Å². The van der Waals surface area contributed by atoms with Crippen LogP contribution in [0.2, 0.25) is 0 Å². The largest absolute Gasteiger partial charge is 0.441 e. The van der Waals surface area contributed by atoms with Crippen molar-refractivity contribution >= 4 is 44.1 Å². The molecule has 2 heterocycles. The summed E-state index contributed by atoms with van der Waals surface area (Å²) in [6.45, 7) is 4.20. The van der Waals surface area contributed by atoms with Gasteiger partial charge in [-0.05, 0) is 53.2 Å². The maximum absolute atomic E-state index is 5.62. The van der Waals surface area contributed by atoms with Crippen LogP contribution in [0.25, 0.3) is 11.1 Å². The highest BCUT2D eigenvalue weighted by molar-refractivity contribution is 9.11. The molecule has 20 heavy (non-hydrogen) atoms. The molecule has 0 aliphatic heterocycles. The first-order valence-electron chi connectivity index (χ1n) is 6.57. The molecule has 0 fully saturated rings. The van der Waals surface area contributed by atoms with Gasteiger partial charge < -0.3 is 9.73 Å². The van der Waals surface area contributed by atoms with Gasteiger partial charge in [0.05, 0.1) is 9.83 Å². The number of hydrogen-bond acceptors (Lipinski definition) is 4. The quantitative estimate of drug-likeness (QED) is 0.685. The maximum Gasteiger partial charge on any atom is 0.195 e. The van der Waals surface area contributed by atoms with Gasteiger partial charge in [-0.1, -0.05) is 6.92 Å². The van der Waals surface area contributed by atoms with Crippen molar-refractivity contribution < 1.29 is 4.42 Å². The minimum absolute atomic E-state index is 0.265. The Morgan fingerprint density at radius 2 is 2.20 bits per heavy atom. The third-order valence-corrected chi connectivity index (χ3v) is 4.94. The predicted molar refractivity (Wildman–Crippen MR) is 87.4 cm³/mol. The van der Waals surface area contributed by atoms with E-state index in [0.717, 1.165) is 32.9 Å². The second-order valence-corrected chi connectivity index (χ2v) is 7.15. The zero-order valence-corrected chi connectivity index (χ0v) is 13.7. The fourth-order valence-electron chi connectivity index (χ4n) is 2.10. The van der Waals surface area contributed by atoms with Crippen molar-refractivity contribution in [3.05, 3.63) is 44.9 Å². The van der Waals surface area contributed by atoms with Crippen molar-refractivity contribution in [2.24, 2.45) is 0 Å². The van der Waals surface area contributed by atoms with E-state index in [9.17, 15) is 0 Å². The van der Waals surface area contributed by atoms with Gasteiger partial charge >= 0.3 is 0 Å². The summed E-state index contributed by atoms with van der Waals surface area (Å²) < 4.78 is 6.78. The average Bonchev–Trinajstić information content (AvgIpc) is 3.03. The molecule has 0 radical (unpaired) electrons. The molecule has 0 saturated heterocycles. The van der Waals surface area contributed by atoms with E-state index in [1.54, 1.807) is 11.3 Å². The number of halogens is 1. The number of anilines is 1. The molecule has 104 valence electrons. The van der Waals surface area contributed by atoms with Gasteiger partial charge in [0.25, 0.3) is 0 Å². The molecule has 0 aliphatic carbocycles. The van der Waals surface area contributed by atoms with Crippen LogP contribution in [0.5, 0.6) is 0 Å². The summed E-state index contributed by atoms with van der Waals surface area (Å²) in [4.78, 5) is 5.76. The number of benzene rings is 1. The Bertz CT molecular complexity index is 734. The molecule has 0 amide bonds. The van der Waals surface area contributed by atoms with Gasteiger partial charge in [0.2, 0.25) is 0 Å². The van der Waals surface area contributed by atoms with Gasteiger partial charge in [-0.2, -0.15) is 0 Å². The van der Waals surface area contributed by atoms with Gasteiger partial charge in [-0.15, -0.1) is 11.3 Å². The Morgan fingerprint density at radius 1 is 1.35 bits per heavy atom. The topological polar surface area (TPSA) is 38.1 Å². The number of aromatic nitrogens is 1. The molecule has 2 aromatic heterocycles. The van der Waals surface area contributed by atoms with E-state index < -0.39 is 0 Å². The van der Waals surface area contributed by atoms with E-state index >= 15 is 0 Å². The van der Waals surface area contributed by atoms with Crippen LogP contribution in [0.4, 0.5) is 5.69 Å². The Kier molecular flexibility index (Phi) is 3.81. The smallest absolute Gasteiger partial charge is 0.195 e. The van der Waals surface area contributed by atoms with Crippen molar-refractivity contribution in [1.82, 2.24) is 4.98 Å². The SMILES string of the molecule is CCc1nc2cc(NC(C)c3ccc(Br)s3)ccc2o1. The molecule has 0 aliphatic rings. The number of rotatable bonds is 4. The minimum Gasteiger partial charge on any atom is -0.441 e. The number of aryl methyl sites for hydroxylation is 1. The van der Waals surface area contributed by atoms with Gasteiger partial charge in [-0.25, -0.2) is 4.98 Å². The van der Waals surface area contributed by atoms with Crippen molar-refractivity contribution in [2.75, 3.05) is 5.32 Å². The lowest BCUT2D eigenvalue weighted by Gasteiger charge is -2.13. The lowest BCUT2D eigenvalue weighted by molar-refractivity contribution is 0.538. The normalized spacial score (nSPS) is 12.8. The van der Waals surface area contributed by atoms with Gasteiger partial charge in [0.15, 0.2) is 11.5 Å². The van der Waals surface area contributed by atoms with Crippen LogP contribution in [-0.2, 0) is 6.42 Å². The number of thiophene rings is 1. The Hall–Kier alpha value is -1.33. The molecular weight excluding hydrogens is 336 g/mol. The van der Waals surface area contributed by atoms with Gasteiger partial charge in [0.1, 0.15) is 5.52 Å². The summed E-state index contributed by atoms with van der Waals surface area (Å²) in [6.07, 6.45) is 0.817. The fourth-order valence-corrected chi connectivity index (χ4v) is 3.52. The number of nitrogens with zero attached hydrogens (tertiary/aromatic N) is 1. The molecule has 0 spiro atoms. The van der Waals surface area contributed by atoms with Gasteiger partial charge in [0, 0.05) is 17.0 Å². The third kappa shape index (κ3) is 2.74. The lowest BCUT2D eigenvalue weighted by Crippen LogP contribution is -2.04. The van der Waals surface area contributed by atoms with E-state index in [2.05, 4.69) is 45.3 Å². The van der Waals surface area contributed by atoms with E-state index in [0.29, 0.717) is 0 Å². The zero-order valence-electron chi connectivity index (χ0n) is 11.3. The first-order chi connectivity index (χ1) is 9.65. The predicted octanol–water partition coefficient (Wildman–Crippen LogP) is 5.39. The first-order valence-corrected chi connectivity index (χ1v) is 8.18. The summed E-state index contributed by atoms with van der Waals surface area (Å²) in [7, 11) is 0. The highest BCUT2D eigenvalue weighted by atomic mass is 79.9. The Labute approximate surface area is 130 Å². The molecule has 3 rings (SSSR count). The second kappa shape index (κ2) is 5.58. The highest BCUT2D eigenvalue weighted by Crippen LogP contribution is 2.30. The molecule has 1 N–H and O–H groups in total.